The predicted molar refractivity (Wildman–Crippen MR) is 56.1 cm³/mol. The first-order valence-electron chi connectivity index (χ1n) is 3.74. The van der Waals surface area contributed by atoms with E-state index in [1.54, 1.807) is 18.2 Å². The standard InChI is InChI=1S/C9H11FN2S/c1-2-5-13-7-4-3-6(11)9(12)8(7)10/h2-4H,1,5,11-12H2. The normalized spacial score (nSPS) is 9.92. The third-order valence-corrected chi connectivity index (χ3v) is 2.56. The van der Waals surface area contributed by atoms with Crippen LogP contribution in [-0.4, -0.2) is 5.75 Å². The fourth-order valence-corrected chi connectivity index (χ4v) is 1.55. The zero-order chi connectivity index (χ0) is 9.84. The molecule has 0 radical (unpaired) electrons. The minimum Gasteiger partial charge on any atom is -0.397 e. The Kier molecular flexibility index (Phi) is 3.19. The van der Waals surface area contributed by atoms with Crippen molar-refractivity contribution in [2.75, 3.05) is 17.2 Å². The molecule has 0 aliphatic rings. The lowest BCUT2D eigenvalue weighted by atomic mass is 10.2. The van der Waals surface area contributed by atoms with Gasteiger partial charge in [0.1, 0.15) is 0 Å². The second-order valence-electron chi connectivity index (χ2n) is 2.48. The number of rotatable bonds is 3. The number of anilines is 2. The molecule has 0 heterocycles. The fourth-order valence-electron chi connectivity index (χ4n) is 0.848. The Labute approximate surface area is 80.8 Å². The van der Waals surface area contributed by atoms with Crippen LogP contribution in [-0.2, 0) is 0 Å². The van der Waals surface area contributed by atoms with Crippen molar-refractivity contribution in [1.82, 2.24) is 0 Å². The number of thioether (sulfide) groups is 1. The molecule has 4 heteroatoms. The van der Waals surface area contributed by atoms with Crippen LogP contribution in [0.1, 0.15) is 0 Å². The highest BCUT2D eigenvalue weighted by Crippen LogP contribution is 2.29. The minimum atomic E-state index is -0.438. The van der Waals surface area contributed by atoms with Gasteiger partial charge in [-0.15, -0.1) is 18.3 Å². The van der Waals surface area contributed by atoms with E-state index in [0.717, 1.165) is 0 Å². The molecule has 13 heavy (non-hydrogen) atoms. The molecule has 1 aromatic carbocycles. The van der Waals surface area contributed by atoms with Crippen molar-refractivity contribution >= 4 is 23.1 Å². The Morgan fingerprint density at radius 3 is 2.77 bits per heavy atom. The van der Waals surface area contributed by atoms with E-state index in [2.05, 4.69) is 6.58 Å². The molecule has 0 spiro atoms. The summed E-state index contributed by atoms with van der Waals surface area (Å²) in [6.45, 7) is 3.55. The molecule has 0 aromatic heterocycles. The molecule has 0 aliphatic carbocycles. The largest absolute Gasteiger partial charge is 0.397 e. The quantitative estimate of drug-likeness (QED) is 0.445. The fraction of sp³-hybridized carbons (Fsp3) is 0.111. The number of hydrogen-bond acceptors (Lipinski definition) is 3. The van der Waals surface area contributed by atoms with Gasteiger partial charge in [0.2, 0.25) is 0 Å². The lowest BCUT2D eigenvalue weighted by Gasteiger charge is -2.05. The third-order valence-electron chi connectivity index (χ3n) is 1.53. The second-order valence-corrected chi connectivity index (χ2v) is 3.54. The van der Waals surface area contributed by atoms with Crippen LogP contribution < -0.4 is 11.5 Å². The van der Waals surface area contributed by atoms with Gasteiger partial charge in [0.25, 0.3) is 0 Å². The van der Waals surface area contributed by atoms with Crippen LogP contribution in [0.3, 0.4) is 0 Å². The molecule has 2 nitrogen and oxygen atoms in total. The first kappa shape index (κ1) is 9.92. The number of nitrogen functional groups attached to an aromatic ring is 2. The van der Waals surface area contributed by atoms with Crippen LogP contribution in [0, 0.1) is 5.82 Å². The number of hydrogen-bond donors (Lipinski definition) is 2. The molecule has 0 fully saturated rings. The van der Waals surface area contributed by atoms with Gasteiger partial charge in [-0.25, -0.2) is 4.39 Å². The summed E-state index contributed by atoms with van der Waals surface area (Å²) in [5, 5.41) is 0. The molecule has 0 unspecified atom stereocenters. The van der Waals surface area contributed by atoms with Gasteiger partial charge in [0.15, 0.2) is 5.82 Å². The molecule has 0 bridgehead atoms. The van der Waals surface area contributed by atoms with Crippen molar-refractivity contribution in [2.24, 2.45) is 0 Å². The highest BCUT2D eigenvalue weighted by molar-refractivity contribution is 7.99. The molecule has 0 saturated carbocycles. The van der Waals surface area contributed by atoms with Gasteiger partial charge in [-0.2, -0.15) is 0 Å². The average molecular weight is 198 g/mol. The van der Waals surface area contributed by atoms with Crippen molar-refractivity contribution in [2.45, 2.75) is 4.90 Å². The van der Waals surface area contributed by atoms with E-state index in [1.165, 1.54) is 11.8 Å². The van der Waals surface area contributed by atoms with Gasteiger partial charge < -0.3 is 11.5 Å². The van der Waals surface area contributed by atoms with Gasteiger partial charge in [-0.05, 0) is 12.1 Å². The lowest BCUT2D eigenvalue weighted by Crippen LogP contribution is -1.99. The maximum atomic E-state index is 13.3. The number of benzene rings is 1. The number of nitrogens with two attached hydrogens (primary N) is 2. The maximum absolute atomic E-state index is 13.3. The molecule has 70 valence electrons. The highest BCUT2D eigenvalue weighted by atomic mass is 32.2. The summed E-state index contributed by atoms with van der Waals surface area (Å²) >= 11 is 1.34. The smallest absolute Gasteiger partial charge is 0.161 e. The van der Waals surface area contributed by atoms with Crippen LogP contribution in [0.4, 0.5) is 15.8 Å². The van der Waals surface area contributed by atoms with E-state index in [1.807, 2.05) is 0 Å². The van der Waals surface area contributed by atoms with Crippen molar-refractivity contribution in [3.63, 3.8) is 0 Å². The lowest BCUT2D eigenvalue weighted by molar-refractivity contribution is 0.607. The first-order valence-corrected chi connectivity index (χ1v) is 4.72. The predicted octanol–water partition coefficient (Wildman–Crippen LogP) is 2.27. The molecular weight excluding hydrogens is 187 g/mol. The molecule has 0 atom stereocenters. The van der Waals surface area contributed by atoms with Gasteiger partial charge in [-0.3, -0.25) is 0 Å². The van der Waals surface area contributed by atoms with Crippen molar-refractivity contribution < 1.29 is 4.39 Å². The molecule has 1 rings (SSSR count). The van der Waals surface area contributed by atoms with Gasteiger partial charge in [0.05, 0.1) is 11.4 Å². The van der Waals surface area contributed by atoms with Crippen molar-refractivity contribution in [1.29, 1.82) is 0 Å². The molecule has 1 aromatic rings. The van der Waals surface area contributed by atoms with Crippen LogP contribution in [0.15, 0.2) is 29.7 Å². The molecule has 0 amide bonds. The van der Waals surface area contributed by atoms with E-state index in [0.29, 0.717) is 10.6 Å². The number of halogens is 1. The first-order chi connectivity index (χ1) is 6.16. The highest BCUT2D eigenvalue weighted by Gasteiger charge is 2.07. The summed E-state index contributed by atoms with van der Waals surface area (Å²) in [4.78, 5) is 0.506. The van der Waals surface area contributed by atoms with Crippen LogP contribution in [0.2, 0.25) is 0 Å². The molecule has 0 aliphatic heterocycles. The summed E-state index contributed by atoms with van der Waals surface area (Å²) in [5.74, 6) is 0.215. The Balaban J connectivity index is 2.96. The van der Waals surface area contributed by atoms with E-state index in [-0.39, 0.29) is 11.4 Å². The van der Waals surface area contributed by atoms with Crippen LogP contribution in [0.5, 0.6) is 0 Å². The average Bonchev–Trinajstić information content (AvgIpc) is 2.13. The Morgan fingerprint density at radius 1 is 1.46 bits per heavy atom. The van der Waals surface area contributed by atoms with Crippen LogP contribution >= 0.6 is 11.8 Å². The van der Waals surface area contributed by atoms with Gasteiger partial charge in [0, 0.05) is 10.6 Å². The Bertz CT molecular complexity index is 326. The molecule has 0 saturated heterocycles. The summed E-state index contributed by atoms with van der Waals surface area (Å²) in [6, 6.07) is 3.22. The molecule has 4 N–H and O–H groups in total. The summed E-state index contributed by atoms with van der Waals surface area (Å²) in [6.07, 6.45) is 1.71. The van der Waals surface area contributed by atoms with E-state index in [4.69, 9.17) is 11.5 Å². The van der Waals surface area contributed by atoms with E-state index >= 15 is 0 Å². The second kappa shape index (κ2) is 4.18. The van der Waals surface area contributed by atoms with E-state index in [9.17, 15) is 4.39 Å². The van der Waals surface area contributed by atoms with Crippen molar-refractivity contribution in [3.05, 3.63) is 30.6 Å². The Hall–Kier alpha value is -1.16. The minimum absolute atomic E-state index is 0.0223. The summed E-state index contributed by atoms with van der Waals surface area (Å²) < 4.78 is 13.3. The third kappa shape index (κ3) is 2.15. The van der Waals surface area contributed by atoms with E-state index < -0.39 is 5.82 Å². The summed E-state index contributed by atoms with van der Waals surface area (Å²) in [7, 11) is 0. The monoisotopic (exact) mass is 198 g/mol. The molecular formula is C9H11FN2S. The SMILES string of the molecule is C=CCSc1ccc(N)c(N)c1F. The van der Waals surface area contributed by atoms with Crippen molar-refractivity contribution in [3.8, 4) is 0 Å². The van der Waals surface area contributed by atoms with Gasteiger partial charge >= 0.3 is 0 Å². The maximum Gasteiger partial charge on any atom is 0.161 e. The van der Waals surface area contributed by atoms with Crippen LogP contribution in [0.25, 0.3) is 0 Å². The summed E-state index contributed by atoms with van der Waals surface area (Å²) in [5.41, 5.74) is 11.1. The Morgan fingerprint density at radius 2 is 2.15 bits per heavy atom. The van der Waals surface area contributed by atoms with Gasteiger partial charge in [-0.1, -0.05) is 6.08 Å². The zero-order valence-electron chi connectivity index (χ0n) is 7.09. The topological polar surface area (TPSA) is 52.0 Å². The zero-order valence-corrected chi connectivity index (χ0v) is 7.90.